The number of alkyl halides is 1. The van der Waals surface area contributed by atoms with E-state index in [1.54, 1.807) is 12.5 Å². The summed E-state index contributed by atoms with van der Waals surface area (Å²) in [6.07, 6.45) is 3.55. The van der Waals surface area contributed by atoms with Crippen molar-refractivity contribution in [3.63, 3.8) is 0 Å². The summed E-state index contributed by atoms with van der Waals surface area (Å²) in [5, 5.41) is 7.99. The summed E-state index contributed by atoms with van der Waals surface area (Å²) in [4.78, 5) is 11.0. The summed E-state index contributed by atoms with van der Waals surface area (Å²) in [5.41, 5.74) is 1.91. The Morgan fingerprint density at radius 1 is 1.39 bits per heavy atom. The summed E-state index contributed by atoms with van der Waals surface area (Å²) >= 11 is 5.81. The number of halogens is 1. The van der Waals surface area contributed by atoms with E-state index < -0.39 is 0 Å². The molecule has 0 atom stereocenters. The predicted molar refractivity (Wildman–Crippen MR) is 67.4 cm³/mol. The van der Waals surface area contributed by atoms with E-state index in [2.05, 4.69) is 29.6 Å². The summed E-state index contributed by atoms with van der Waals surface area (Å²) in [5.74, 6) is 2.13. The maximum absolute atomic E-state index is 5.81. The van der Waals surface area contributed by atoms with Crippen LogP contribution in [0.4, 0.5) is 5.95 Å². The third-order valence-electron chi connectivity index (χ3n) is 3.13. The second kappa shape index (κ2) is 4.53. The normalized spacial score (nSPS) is 14.7. The molecule has 7 heteroatoms. The smallest absolute Gasteiger partial charge is 0.225 e. The Labute approximate surface area is 110 Å². The molecule has 1 aliphatic rings. The fourth-order valence-corrected chi connectivity index (χ4v) is 2.26. The highest BCUT2D eigenvalue weighted by Gasteiger charge is 2.19. The van der Waals surface area contributed by atoms with Crippen LogP contribution in [-0.4, -0.2) is 31.3 Å². The van der Waals surface area contributed by atoms with Crippen molar-refractivity contribution >= 4 is 17.5 Å². The van der Waals surface area contributed by atoms with E-state index in [0.29, 0.717) is 12.4 Å². The monoisotopic (exact) mass is 264 g/mol. The lowest BCUT2D eigenvalue weighted by molar-refractivity contribution is 0.551. The molecule has 0 spiro atoms. The molecule has 0 aromatic carbocycles. The van der Waals surface area contributed by atoms with Crippen molar-refractivity contribution in [1.29, 1.82) is 0 Å². The second-order valence-electron chi connectivity index (χ2n) is 4.28. The van der Waals surface area contributed by atoms with Gasteiger partial charge in [0.2, 0.25) is 5.95 Å². The van der Waals surface area contributed by atoms with Crippen LogP contribution in [0.2, 0.25) is 0 Å². The van der Waals surface area contributed by atoms with Gasteiger partial charge >= 0.3 is 0 Å². The first-order chi connectivity index (χ1) is 8.78. The van der Waals surface area contributed by atoms with E-state index >= 15 is 0 Å². The van der Waals surface area contributed by atoms with Gasteiger partial charge in [0.15, 0.2) is 5.82 Å². The molecule has 0 amide bonds. The van der Waals surface area contributed by atoms with Gasteiger partial charge in [0, 0.05) is 30.5 Å². The fraction of sp³-hybridized carbons (Fsp3) is 0.455. The average molecular weight is 265 g/mol. The number of anilines is 1. The SMILES string of the molecule is Cc1nc(N2CCn3cnnc3C2)ncc1CCl. The molecule has 2 aromatic heterocycles. The van der Waals surface area contributed by atoms with Crippen LogP contribution >= 0.6 is 11.6 Å². The third-order valence-corrected chi connectivity index (χ3v) is 3.42. The van der Waals surface area contributed by atoms with Gasteiger partial charge in [-0.15, -0.1) is 21.8 Å². The number of hydrogen-bond donors (Lipinski definition) is 0. The van der Waals surface area contributed by atoms with Crippen LogP contribution in [0.15, 0.2) is 12.5 Å². The molecule has 94 valence electrons. The van der Waals surface area contributed by atoms with Gasteiger partial charge in [-0.3, -0.25) is 0 Å². The molecule has 0 N–H and O–H groups in total. The van der Waals surface area contributed by atoms with E-state index in [0.717, 1.165) is 36.1 Å². The lowest BCUT2D eigenvalue weighted by Crippen LogP contribution is -2.34. The van der Waals surface area contributed by atoms with Gasteiger partial charge in [-0.05, 0) is 6.92 Å². The highest BCUT2D eigenvalue weighted by molar-refractivity contribution is 6.17. The van der Waals surface area contributed by atoms with Crippen molar-refractivity contribution in [1.82, 2.24) is 24.7 Å². The van der Waals surface area contributed by atoms with Crippen molar-refractivity contribution in [3.8, 4) is 0 Å². The van der Waals surface area contributed by atoms with Gasteiger partial charge in [0.1, 0.15) is 6.33 Å². The molecule has 0 fully saturated rings. The number of rotatable bonds is 2. The number of hydrogen-bond acceptors (Lipinski definition) is 5. The van der Waals surface area contributed by atoms with Gasteiger partial charge < -0.3 is 9.47 Å². The first-order valence-electron chi connectivity index (χ1n) is 5.78. The van der Waals surface area contributed by atoms with E-state index in [9.17, 15) is 0 Å². The van der Waals surface area contributed by atoms with Crippen LogP contribution in [-0.2, 0) is 19.0 Å². The van der Waals surface area contributed by atoms with Crippen LogP contribution in [0.3, 0.4) is 0 Å². The maximum atomic E-state index is 5.81. The Morgan fingerprint density at radius 3 is 3.06 bits per heavy atom. The minimum absolute atomic E-state index is 0.445. The topological polar surface area (TPSA) is 59.7 Å². The molecule has 2 aromatic rings. The zero-order valence-electron chi connectivity index (χ0n) is 10.0. The van der Waals surface area contributed by atoms with E-state index in [1.807, 2.05) is 6.92 Å². The number of aromatic nitrogens is 5. The summed E-state index contributed by atoms with van der Waals surface area (Å²) < 4.78 is 2.05. The van der Waals surface area contributed by atoms with Crippen LogP contribution in [0.1, 0.15) is 17.1 Å². The zero-order chi connectivity index (χ0) is 12.5. The minimum atomic E-state index is 0.445. The maximum Gasteiger partial charge on any atom is 0.225 e. The average Bonchev–Trinajstić information content (AvgIpc) is 2.85. The first kappa shape index (κ1) is 11.4. The van der Waals surface area contributed by atoms with Gasteiger partial charge in [-0.2, -0.15) is 0 Å². The molecule has 18 heavy (non-hydrogen) atoms. The van der Waals surface area contributed by atoms with Crippen molar-refractivity contribution in [3.05, 3.63) is 29.6 Å². The van der Waals surface area contributed by atoms with Crippen molar-refractivity contribution < 1.29 is 0 Å². The van der Waals surface area contributed by atoms with Gasteiger partial charge in [-0.1, -0.05) is 0 Å². The quantitative estimate of drug-likeness (QED) is 0.761. The van der Waals surface area contributed by atoms with Crippen molar-refractivity contribution in [2.24, 2.45) is 0 Å². The summed E-state index contributed by atoms with van der Waals surface area (Å²) in [7, 11) is 0. The Kier molecular flexibility index (Phi) is 2.87. The van der Waals surface area contributed by atoms with E-state index in [4.69, 9.17) is 11.6 Å². The van der Waals surface area contributed by atoms with Crippen LogP contribution in [0.25, 0.3) is 0 Å². The second-order valence-corrected chi connectivity index (χ2v) is 4.54. The Balaban J connectivity index is 1.86. The minimum Gasteiger partial charge on any atom is -0.331 e. The molecule has 6 nitrogen and oxygen atoms in total. The van der Waals surface area contributed by atoms with Gasteiger partial charge in [0.25, 0.3) is 0 Å². The number of aryl methyl sites for hydroxylation is 1. The van der Waals surface area contributed by atoms with Crippen molar-refractivity contribution in [2.75, 3.05) is 11.4 Å². The molecule has 3 heterocycles. The van der Waals surface area contributed by atoms with E-state index in [1.165, 1.54) is 0 Å². The fourth-order valence-electron chi connectivity index (χ4n) is 2.00. The molecule has 0 saturated heterocycles. The molecule has 0 saturated carbocycles. The van der Waals surface area contributed by atoms with Gasteiger partial charge in [0.05, 0.1) is 12.4 Å². The third kappa shape index (κ3) is 1.92. The largest absolute Gasteiger partial charge is 0.331 e. The number of nitrogens with zero attached hydrogens (tertiary/aromatic N) is 6. The van der Waals surface area contributed by atoms with E-state index in [-0.39, 0.29) is 0 Å². The highest BCUT2D eigenvalue weighted by Crippen LogP contribution is 2.17. The molecule has 3 rings (SSSR count). The van der Waals surface area contributed by atoms with Crippen LogP contribution in [0, 0.1) is 6.92 Å². The molecular weight excluding hydrogens is 252 g/mol. The molecular formula is C11H13ClN6. The van der Waals surface area contributed by atoms with Crippen LogP contribution in [0.5, 0.6) is 0 Å². The lowest BCUT2D eigenvalue weighted by Gasteiger charge is -2.27. The first-order valence-corrected chi connectivity index (χ1v) is 6.31. The Morgan fingerprint density at radius 2 is 2.28 bits per heavy atom. The van der Waals surface area contributed by atoms with Gasteiger partial charge in [-0.25, -0.2) is 9.97 Å². The summed E-state index contributed by atoms with van der Waals surface area (Å²) in [6.45, 7) is 4.38. The molecule has 0 unspecified atom stereocenters. The van der Waals surface area contributed by atoms with Crippen molar-refractivity contribution in [2.45, 2.75) is 25.9 Å². The molecule has 0 aliphatic carbocycles. The predicted octanol–water partition coefficient (Wildman–Crippen LogP) is 1.14. The molecule has 1 aliphatic heterocycles. The molecule has 0 bridgehead atoms. The highest BCUT2D eigenvalue weighted by atomic mass is 35.5. The zero-order valence-corrected chi connectivity index (χ0v) is 10.8. The lowest BCUT2D eigenvalue weighted by atomic mass is 10.3. The van der Waals surface area contributed by atoms with Crippen LogP contribution < -0.4 is 4.90 Å². The molecule has 0 radical (unpaired) electrons. The Hall–Kier alpha value is -1.69. The number of fused-ring (bicyclic) bond motifs is 1. The summed E-state index contributed by atoms with van der Waals surface area (Å²) in [6, 6.07) is 0. The standard InChI is InChI=1S/C11H13ClN6/c1-8-9(4-12)5-13-11(15-8)17-2-3-18-7-14-16-10(18)6-17/h5,7H,2-4,6H2,1H3. The Bertz CT molecular complexity index is 566.